The van der Waals surface area contributed by atoms with Crippen molar-refractivity contribution in [3.8, 4) is 0 Å². The van der Waals surface area contributed by atoms with Gasteiger partial charge in [-0.15, -0.1) is 0 Å². The van der Waals surface area contributed by atoms with E-state index < -0.39 is 5.60 Å². The zero-order chi connectivity index (χ0) is 12.1. The predicted octanol–water partition coefficient (Wildman–Crippen LogP) is 2.74. The fraction of sp³-hybridized carbons (Fsp3) is 1.00. The lowest BCUT2D eigenvalue weighted by molar-refractivity contribution is -0.0635. The first-order valence-electron chi connectivity index (χ1n) is 7.29. The lowest BCUT2D eigenvalue weighted by Crippen LogP contribution is -2.53. The maximum absolute atomic E-state index is 10.7. The summed E-state index contributed by atoms with van der Waals surface area (Å²) in [6.45, 7) is 6.84. The quantitative estimate of drug-likeness (QED) is 0.701. The van der Waals surface area contributed by atoms with Crippen LogP contribution in [-0.4, -0.2) is 22.4 Å². The minimum Gasteiger partial charge on any atom is -0.390 e. The van der Waals surface area contributed by atoms with Crippen LogP contribution < -0.4 is 0 Å². The summed E-state index contributed by atoms with van der Waals surface area (Å²) in [5.74, 6) is 1.80. The summed E-state index contributed by atoms with van der Waals surface area (Å²) >= 11 is 0. The third kappa shape index (κ3) is 1.02. The summed E-state index contributed by atoms with van der Waals surface area (Å²) in [6.07, 6.45) is 6.29. The number of ether oxygens (including phenoxy) is 1. The topological polar surface area (TPSA) is 29.5 Å². The molecule has 4 rings (SSSR count). The van der Waals surface area contributed by atoms with Gasteiger partial charge in [-0.25, -0.2) is 0 Å². The summed E-state index contributed by atoms with van der Waals surface area (Å²) < 4.78 is 6.50. The van der Waals surface area contributed by atoms with Crippen molar-refractivity contribution in [1.82, 2.24) is 0 Å². The van der Waals surface area contributed by atoms with Gasteiger partial charge in [0, 0.05) is 5.92 Å². The van der Waals surface area contributed by atoms with Crippen molar-refractivity contribution < 1.29 is 9.84 Å². The normalized spacial score (nSPS) is 68.5. The summed E-state index contributed by atoms with van der Waals surface area (Å²) in [5.41, 5.74) is 0.000648. The Bertz CT molecular complexity index is 377. The lowest BCUT2D eigenvalue weighted by atomic mass is 9.52. The molecule has 0 aromatic heterocycles. The fourth-order valence-electron chi connectivity index (χ4n) is 5.81. The Kier molecular flexibility index (Phi) is 1.75. The SMILES string of the molecule is C[C@H]1CC[C@]23C[C@@]1(C)[C@@H](O2)[C@@H]1[C@@H]3CC[C@@]1(C)O. The summed E-state index contributed by atoms with van der Waals surface area (Å²) in [4.78, 5) is 0. The number of fused-ring (bicyclic) bond motifs is 5. The van der Waals surface area contributed by atoms with E-state index in [4.69, 9.17) is 4.74 Å². The molecular formula is C15H24O2. The third-order valence-corrected chi connectivity index (χ3v) is 6.93. The Morgan fingerprint density at radius 1 is 1.18 bits per heavy atom. The molecule has 96 valence electrons. The van der Waals surface area contributed by atoms with Crippen molar-refractivity contribution in [2.24, 2.45) is 23.2 Å². The molecule has 2 heteroatoms. The molecule has 3 bridgehead atoms. The zero-order valence-electron chi connectivity index (χ0n) is 11.2. The molecule has 4 aliphatic rings. The van der Waals surface area contributed by atoms with Gasteiger partial charge in [0.1, 0.15) is 0 Å². The molecule has 0 aromatic carbocycles. The molecule has 2 aliphatic carbocycles. The van der Waals surface area contributed by atoms with Gasteiger partial charge in [0.25, 0.3) is 0 Å². The van der Waals surface area contributed by atoms with Crippen LogP contribution in [0.2, 0.25) is 0 Å². The summed E-state index contributed by atoms with van der Waals surface area (Å²) in [6, 6.07) is 0. The number of hydrogen-bond donors (Lipinski definition) is 1. The van der Waals surface area contributed by atoms with Crippen LogP contribution in [0.4, 0.5) is 0 Å². The highest BCUT2D eigenvalue weighted by molar-refractivity contribution is 5.22. The van der Waals surface area contributed by atoms with Gasteiger partial charge in [0.15, 0.2) is 0 Å². The van der Waals surface area contributed by atoms with Gasteiger partial charge in [0.2, 0.25) is 0 Å². The highest BCUT2D eigenvalue weighted by Crippen LogP contribution is 2.71. The van der Waals surface area contributed by atoms with E-state index in [9.17, 15) is 5.11 Å². The standard InChI is InChI=1S/C15H24O2/c1-9-4-7-15-8-13(9,2)12(17-15)11-10(15)5-6-14(11,3)16/h9-12,16H,4-8H2,1-3H3/t9-,10-,11-,12-,13+,14+,15+/m0/s1. The maximum Gasteiger partial charge on any atom is 0.0725 e. The van der Waals surface area contributed by atoms with Gasteiger partial charge >= 0.3 is 0 Å². The molecule has 7 atom stereocenters. The Labute approximate surface area is 104 Å². The zero-order valence-corrected chi connectivity index (χ0v) is 11.2. The summed E-state index contributed by atoms with van der Waals surface area (Å²) in [5, 5.41) is 10.7. The van der Waals surface area contributed by atoms with E-state index in [1.165, 1.54) is 25.7 Å². The maximum atomic E-state index is 10.7. The molecule has 0 amide bonds. The van der Waals surface area contributed by atoms with Crippen LogP contribution in [-0.2, 0) is 4.74 Å². The van der Waals surface area contributed by atoms with E-state index in [1.807, 2.05) is 6.92 Å². The lowest BCUT2D eigenvalue weighted by Gasteiger charge is -2.50. The van der Waals surface area contributed by atoms with Crippen LogP contribution in [0.15, 0.2) is 0 Å². The van der Waals surface area contributed by atoms with Crippen LogP contribution in [0, 0.1) is 23.2 Å². The molecule has 0 unspecified atom stereocenters. The smallest absolute Gasteiger partial charge is 0.0725 e. The monoisotopic (exact) mass is 236 g/mol. The highest BCUT2D eigenvalue weighted by Gasteiger charge is 2.74. The molecular weight excluding hydrogens is 212 g/mol. The van der Waals surface area contributed by atoms with Crippen molar-refractivity contribution in [2.75, 3.05) is 0 Å². The Balaban J connectivity index is 1.83. The number of rotatable bonds is 0. The van der Waals surface area contributed by atoms with Crippen LogP contribution in [0.25, 0.3) is 0 Å². The van der Waals surface area contributed by atoms with Crippen molar-refractivity contribution >= 4 is 0 Å². The van der Waals surface area contributed by atoms with Crippen LogP contribution in [0.3, 0.4) is 0 Å². The Morgan fingerprint density at radius 3 is 2.71 bits per heavy atom. The van der Waals surface area contributed by atoms with Gasteiger partial charge in [-0.1, -0.05) is 13.8 Å². The van der Waals surface area contributed by atoms with Crippen molar-refractivity contribution in [3.63, 3.8) is 0 Å². The van der Waals surface area contributed by atoms with Gasteiger partial charge in [-0.05, 0) is 56.3 Å². The van der Waals surface area contributed by atoms with Gasteiger partial charge in [-0.3, -0.25) is 0 Å². The van der Waals surface area contributed by atoms with E-state index in [2.05, 4.69) is 13.8 Å². The fourth-order valence-corrected chi connectivity index (χ4v) is 5.81. The van der Waals surface area contributed by atoms with Crippen LogP contribution in [0.1, 0.15) is 52.9 Å². The van der Waals surface area contributed by atoms with Crippen LogP contribution in [0.5, 0.6) is 0 Å². The highest BCUT2D eigenvalue weighted by atomic mass is 16.5. The molecule has 2 saturated heterocycles. The molecule has 2 saturated carbocycles. The van der Waals surface area contributed by atoms with Gasteiger partial charge in [0.05, 0.1) is 17.3 Å². The number of aliphatic hydroxyl groups is 1. The van der Waals surface area contributed by atoms with Crippen molar-refractivity contribution in [1.29, 1.82) is 0 Å². The first kappa shape index (κ1) is 10.8. The summed E-state index contributed by atoms with van der Waals surface area (Å²) in [7, 11) is 0. The van der Waals surface area contributed by atoms with E-state index in [-0.39, 0.29) is 5.60 Å². The third-order valence-electron chi connectivity index (χ3n) is 6.93. The van der Waals surface area contributed by atoms with Crippen molar-refractivity contribution in [3.05, 3.63) is 0 Å². The minimum absolute atomic E-state index is 0.150. The molecule has 1 spiro atoms. The second-order valence-corrected chi connectivity index (χ2v) is 7.75. The molecule has 2 nitrogen and oxygen atoms in total. The first-order chi connectivity index (χ1) is 7.89. The average molecular weight is 236 g/mol. The molecule has 0 aromatic rings. The molecule has 17 heavy (non-hydrogen) atoms. The molecule has 4 fully saturated rings. The second-order valence-electron chi connectivity index (χ2n) is 7.75. The second kappa shape index (κ2) is 2.75. The number of hydrogen-bond acceptors (Lipinski definition) is 2. The molecule has 1 N–H and O–H groups in total. The molecule has 2 heterocycles. The minimum atomic E-state index is -0.476. The molecule has 0 radical (unpaired) electrons. The van der Waals surface area contributed by atoms with Crippen molar-refractivity contribution in [2.45, 2.75) is 70.2 Å². The van der Waals surface area contributed by atoms with E-state index in [0.29, 0.717) is 23.4 Å². The first-order valence-corrected chi connectivity index (χ1v) is 7.29. The predicted molar refractivity (Wildman–Crippen MR) is 65.6 cm³/mol. The van der Waals surface area contributed by atoms with Crippen LogP contribution >= 0.6 is 0 Å². The van der Waals surface area contributed by atoms with Gasteiger partial charge in [-0.2, -0.15) is 0 Å². The van der Waals surface area contributed by atoms with E-state index in [1.54, 1.807) is 0 Å². The average Bonchev–Trinajstić information content (AvgIpc) is 2.81. The Hall–Kier alpha value is -0.0800. The molecule has 2 aliphatic heterocycles. The van der Waals surface area contributed by atoms with E-state index in [0.717, 1.165) is 12.3 Å². The Morgan fingerprint density at radius 2 is 1.94 bits per heavy atom. The van der Waals surface area contributed by atoms with Gasteiger partial charge < -0.3 is 9.84 Å². The largest absolute Gasteiger partial charge is 0.390 e. The van der Waals surface area contributed by atoms with E-state index >= 15 is 0 Å².